The van der Waals surface area contributed by atoms with Crippen LogP contribution in [-0.2, 0) is 0 Å². The monoisotopic (exact) mass is 302 g/mol. The van der Waals surface area contributed by atoms with E-state index in [-0.39, 0.29) is 0 Å². The quantitative estimate of drug-likeness (QED) is 0.900. The van der Waals surface area contributed by atoms with Crippen LogP contribution in [0.1, 0.15) is 13.8 Å². The first-order valence-corrected chi connectivity index (χ1v) is 7.42. The van der Waals surface area contributed by atoms with Gasteiger partial charge < -0.3 is 15.3 Å². The SMILES string of the molecule is CC(C)(O)CN1CNc2cc(-c3ccccc3Cl)ccc21. The number of anilines is 2. The molecule has 0 saturated heterocycles. The predicted molar refractivity (Wildman–Crippen MR) is 89.0 cm³/mol. The average molecular weight is 303 g/mol. The molecule has 110 valence electrons. The number of rotatable bonds is 3. The summed E-state index contributed by atoms with van der Waals surface area (Å²) in [5.41, 5.74) is 3.61. The summed E-state index contributed by atoms with van der Waals surface area (Å²) in [5.74, 6) is 0. The number of halogens is 1. The molecule has 0 radical (unpaired) electrons. The van der Waals surface area contributed by atoms with Gasteiger partial charge in [0.2, 0.25) is 0 Å². The molecule has 0 aliphatic carbocycles. The fourth-order valence-corrected chi connectivity index (χ4v) is 2.94. The summed E-state index contributed by atoms with van der Waals surface area (Å²) in [6, 6.07) is 14.1. The van der Waals surface area contributed by atoms with Crippen molar-refractivity contribution in [3.63, 3.8) is 0 Å². The number of benzene rings is 2. The summed E-state index contributed by atoms with van der Waals surface area (Å²) in [6.45, 7) is 4.95. The molecule has 2 aromatic carbocycles. The van der Waals surface area contributed by atoms with E-state index in [1.54, 1.807) is 0 Å². The van der Waals surface area contributed by atoms with Gasteiger partial charge >= 0.3 is 0 Å². The Morgan fingerprint density at radius 1 is 1.24 bits per heavy atom. The minimum atomic E-state index is -0.718. The van der Waals surface area contributed by atoms with Gasteiger partial charge in [-0.2, -0.15) is 0 Å². The largest absolute Gasteiger partial charge is 0.389 e. The highest BCUT2D eigenvalue weighted by Gasteiger charge is 2.24. The molecule has 1 heterocycles. The molecule has 0 unspecified atom stereocenters. The minimum Gasteiger partial charge on any atom is -0.389 e. The lowest BCUT2D eigenvalue weighted by molar-refractivity contribution is 0.0880. The predicted octanol–water partition coefficient (Wildman–Crippen LogP) is 3.97. The van der Waals surface area contributed by atoms with Crippen LogP contribution in [0.15, 0.2) is 42.5 Å². The van der Waals surface area contributed by atoms with Crippen LogP contribution in [0.3, 0.4) is 0 Å². The molecule has 0 bridgehead atoms. The number of hydrogen-bond acceptors (Lipinski definition) is 3. The zero-order valence-corrected chi connectivity index (χ0v) is 13.0. The van der Waals surface area contributed by atoms with E-state index < -0.39 is 5.60 Å². The lowest BCUT2D eigenvalue weighted by Gasteiger charge is -2.26. The van der Waals surface area contributed by atoms with Crippen LogP contribution < -0.4 is 10.2 Å². The van der Waals surface area contributed by atoms with Gasteiger partial charge in [-0.1, -0.05) is 35.9 Å². The van der Waals surface area contributed by atoms with Crippen molar-refractivity contribution in [2.45, 2.75) is 19.4 Å². The Labute approximate surface area is 130 Å². The molecule has 0 aromatic heterocycles. The van der Waals surface area contributed by atoms with Gasteiger partial charge in [0.05, 0.1) is 23.6 Å². The number of β-amino-alcohol motifs (C(OH)–C–C–N with tert-alkyl or cyclic N) is 1. The lowest BCUT2D eigenvalue weighted by atomic mass is 10.0. The number of nitrogens with one attached hydrogen (secondary N) is 1. The highest BCUT2D eigenvalue weighted by molar-refractivity contribution is 6.33. The van der Waals surface area contributed by atoms with Gasteiger partial charge in [-0.3, -0.25) is 0 Å². The fourth-order valence-electron chi connectivity index (χ4n) is 2.69. The first-order valence-electron chi connectivity index (χ1n) is 7.04. The third kappa shape index (κ3) is 2.99. The molecule has 2 N–H and O–H groups in total. The van der Waals surface area contributed by atoms with E-state index in [0.717, 1.165) is 27.5 Å². The Hall–Kier alpha value is -1.71. The normalized spacial score (nSPS) is 14.0. The maximum Gasteiger partial charge on any atom is 0.0878 e. The van der Waals surface area contributed by atoms with Gasteiger partial charge in [0.15, 0.2) is 0 Å². The van der Waals surface area contributed by atoms with Crippen LogP contribution in [0.25, 0.3) is 11.1 Å². The van der Waals surface area contributed by atoms with Crippen molar-refractivity contribution in [3.8, 4) is 11.1 Å². The summed E-state index contributed by atoms with van der Waals surface area (Å²) in [4.78, 5) is 2.14. The van der Waals surface area contributed by atoms with Gasteiger partial charge in [0.25, 0.3) is 0 Å². The lowest BCUT2D eigenvalue weighted by Crippen LogP contribution is -2.38. The Balaban J connectivity index is 1.92. The number of fused-ring (bicyclic) bond motifs is 1. The number of aliphatic hydroxyl groups is 1. The topological polar surface area (TPSA) is 35.5 Å². The van der Waals surface area contributed by atoms with Crippen LogP contribution in [0, 0.1) is 0 Å². The van der Waals surface area contributed by atoms with Crippen molar-refractivity contribution in [2.24, 2.45) is 0 Å². The fraction of sp³-hybridized carbons (Fsp3) is 0.294. The molecule has 0 amide bonds. The molecular formula is C17H19ClN2O. The zero-order chi connectivity index (χ0) is 15.0. The molecule has 4 heteroatoms. The van der Waals surface area contributed by atoms with E-state index in [1.807, 2.05) is 38.1 Å². The van der Waals surface area contributed by atoms with Crippen molar-refractivity contribution in [1.82, 2.24) is 0 Å². The van der Waals surface area contributed by atoms with E-state index >= 15 is 0 Å². The zero-order valence-electron chi connectivity index (χ0n) is 12.2. The van der Waals surface area contributed by atoms with Crippen molar-refractivity contribution >= 4 is 23.0 Å². The van der Waals surface area contributed by atoms with E-state index in [4.69, 9.17) is 11.6 Å². The molecule has 0 fully saturated rings. The maximum absolute atomic E-state index is 9.99. The van der Waals surface area contributed by atoms with E-state index in [2.05, 4.69) is 28.4 Å². The average Bonchev–Trinajstić information content (AvgIpc) is 2.80. The number of nitrogens with zero attached hydrogens (tertiary/aromatic N) is 1. The second kappa shape index (κ2) is 5.24. The molecule has 3 nitrogen and oxygen atoms in total. The van der Waals surface area contributed by atoms with Gasteiger partial charge in [-0.15, -0.1) is 0 Å². The van der Waals surface area contributed by atoms with Crippen LogP contribution in [0.2, 0.25) is 5.02 Å². The standard InChI is InChI=1S/C17H19ClN2O/c1-17(2,21)10-20-11-19-15-9-12(7-8-16(15)20)13-5-3-4-6-14(13)18/h3-9,19,21H,10-11H2,1-2H3. The van der Waals surface area contributed by atoms with Crippen molar-refractivity contribution in [1.29, 1.82) is 0 Å². The Morgan fingerprint density at radius 2 is 2.00 bits per heavy atom. The van der Waals surface area contributed by atoms with Crippen molar-refractivity contribution < 1.29 is 5.11 Å². The molecule has 0 spiro atoms. The van der Waals surface area contributed by atoms with Crippen molar-refractivity contribution in [2.75, 3.05) is 23.4 Å². The van der Waals surface area contributed by atoms with Crippen LogP contribution >= 0.6 is 11.6 Å². The van der Waals surface area contributed by atoms with E-state index in [0.29, 0.717) is 13.2 Å². The Kier molecular flexibility index (Phi) is 3.56. The molecule has 0 atom stereocenters. The number of hydrogen-bond donors (Lipinski definition) is 2. The highest BCUT2D eigenvalue weighted by atomic mass is 35.5. The Bertz CT molecular complexity index is 664. The minimum absolute atomic E-state index is 0.596. The van der Waals surface area contributed by atoms with Gasteiger partial charge in [0, 0.05) is 17.1 Å². The molecule has 21 heavy (non-hydrogen) atoms. The van der Waals surface area contributed by atoms with Gasteiger partial charge in [0.1, 0.15) is 0 Å². The highest BCUT2D eigenvalue weighted by Crippen LogP contribution is 2.37. The maximum atomic E-state index is 9.99. The molecule has 1 aliphatic rings. The van der Waals surface area contributed by atoms with E-state index in [9.17, 15) is 5.11 Å². The van der Waals surface area contributed by atoms with Gasteiger partial charge in [-0.25, -0.2) is 0 Å². The summed E-state index contributed by atoms with van der Waals surface area (Å²) in [6.07, 6.45) is 0. The molecule has 3 rings (SSSR count). The first-order chi connectivity index (χ1) is 9.94. The third-order valence-corrected chi connectivity index (χ3v) is 3.89. The summed E-state index contributed by atoms with van der Waals surface area (Å²) >= 11 is 6.26. The Morgan fingerprint density at radius 3 is 2.71 bits per heavy atom. The summed E-state index contributed by atoms with van der Waals surface area (Å²) < 4.78 is 0. The van der Waals surface area contributed by atoms with Gasteiger partial charge in [-0.05, 0) is 37.6 Å². The molecule has 0 saturated carbocycles. The third-order valence-electron chi connectivity index (χ3n) is 3.56. The second-order valence-corrected chi connectivity index (χ2v) is 6.46. The smallest absolute Gasteiger partial charge is 0.0878 e. The molecular weight excluding hydrogens is 284 g/mol. The van der Waals surface area contributed by atoms with Crippen LogP contribution in [0.5, 0.6) is 0 Å². The molecule has 2 aromatic rings. The van der Waals surface area contributed by atoms with Crippen LogP contribution in [0.4, 0.5) is 11.4 Å². The molecule has 1 aliphatic heterocycles. The first kappa shape index (κ1) is 14.2. The van der Waals surface area contributed by atoms with E-state index in [1.165, 1.54) is 0 Å². The summed E-state index contributed by atoms with van der Waals surface area (Å²) in [5, 5.41) is 14.1. The van der Waals surface area contributed by atoms with Crippen LogP contribution in [-0.4, -0.2) is 23.9 Å². The second-order valence-electron chi connectivity index (χ2n) is 6.06. The summed E-state index contributed by atoms with van der Waals surface area (Å²) in [7, 11) is 0. The van der Waals surface area contributed by atoms with Crippen molar-refractivity contribution in [3.05, 3.63) is 47.5 Å².